The molecule has 2 aromatic carbocycles. The first kappa shape index (κ1) is 20.0. The zero-order valence-corrected chi connectivity index (χ0v) is 16.4. The fraction of sp³-hybridized carbons (Fsp3) is 0.318. The summed E-state index contributed by atoms with van der Waals surface area (Å²) in [6.45, 7) is 1.76. The first-order valence-electron chi connectivity index (χ1n) is 9.98. The van der Waals surface area contributed by atoms with Crippen LogP contribution >= 0.6 is 0 Å². The molecule has 0 aromatic heterocycles. The van der Waals surface area contributed by atoms with Crippen LogP contribution in [-0.4, -0.2) is 35.6 Å². The number of hydrogen-bond donors (Lipinski definition) is 1. The molecule has 0 saturated carbocycles. The van der Waals surface area contributed by atoms with E-state index in [9.17, 15) is 18.4 Å². The van der Waals surface area contributed by atoms with E-state index < -0.39 is 11.7 Å². The van der Waals surface area contributed by atoms with E-state index in [2.05, 4.69) is 10.4 Å². The average molecular weight is 412 g/mol. The first-order chi connectivity index (χ1) is 14.5. The molecule has 156 valence electrons. The monoisotopic (exact) mass is 412 g/mol. The number of hydrazone groups is 1. The molecule has 8 heteroatoms. The van der Waals surface area contributed by atoms with E-state index in [4.69, 9.17) is 0 Å². The number of benzene rings is 2. The number of nitrogens with zero attached hydrogens (tertiary/aromatic N) is 3. The van der Waals surface area contributed by atoms with E-state index in [-0.39, 0.29) is 42.5 Å². The predicted octanol–water partition coefficient (Wildman–Crippen LogP) is 3.68. The Bertz CT molecular complexity index is 985. The SMILES string of the molecule is O=C(Nc1c(F)cccc1N1CCCC1)C1=NN(Cc2ccc(F)cc2)C(=O)CC1. The fourth-order valence-corrected chi connectivity index (χ4v) is 3.69. The third kappa shape index (κ3) is 4.32. The summed E-state index contributed by atoms with van der Waals surface area (Å²) in [7, 11) is 0. The van der Waals surface area contributed by atoms with Crippen molar-refractivity contribution in [1.82, 2.24) is 5.01 Å². The van der Waals surface area contributed by atoms with Gasteiger partial charge < -0.3 is 10.2 Å². The molecule has 0 atom stereocenters. The van der Waals surface area contributed by atoms with Gasteiger partial charge in [-0.15, -0.1) is 0 Å². The van der Waals surface area contributed by atoms with Crippen LogP contribution in [0.5, 0.6) is 0 Å². The van der Waals surface area contributed by atoms with Crippen molar-refractivity contribution in [3.8, 4) is 0 Å². The topological polar surface area (TPSA) is 65.0 Å². The Kier molecular flexibility index (Phi) is 5.74. The molecule has 30 heavy (non-hydrogen) atoms. The number of carbonyl (C=O) groups excluding carboxylic acids is 2. The van der Waals surface area contributed by atoms with Gasteiger partial charge >= 0.3 is 0 Å². The van der Waals surface area contributed by atoms with Gasteiger partial charge in [0.2, 0.25) is 5.91 Å². The average Bonchev–Trinajstić information content (AvgIpc) is 3.27. The minimum absolute atomic E-state index is 0.129. The van der Waals surface area contributed by atoms with Gasteiger partial charge in [0.25, 0.3) is 5.91 Å². The van der Waals surface area contributed by atoms with Crippen LogP contribution in [0.4, 0.5) is 20.2 Å². The summed E-state index contributed by atoms with van der Waals surface area (Å²) in [6, 6.07) is 10.5. The molecular weight excluding hydrogens is 390 g/mol. The Morgan fingerprint density at radius 1 is 1.03 bits per heavy atom. The summed E-state index contributed by atoms with van der Waals surface area (Å²) in [6.07, 6.45) is 2.36. The van der Waals surface area contributed by atoms with Gasteiger partial charge in [0.05, 0.1) is 12.2 Å². The van der Waals surface area contributed by atoms with Gasteiger partial charge in [-0.2, -0.15) is 5.10 Å². The Labute approximate surface area is 173 Å². The van der Waals surface area contributed by atoms with Crippen LogP contribution < -0.4 is 10.2 Å². The summed E-state index contributed by atoms with van der Waals surface area (Å²) in [4.78, 5) is 27.1. The molecule has 2 amide bonds. The van der Waals surface area contributed by atoms with Crippen molar-refractivity contribution >= 4 is 28.9 Å². The maximum absolute atomic E-state index is 14.5. The molecule has 0 spiro atoms. The normalized spacial score (nSPS) is 16.6. The van der Waals surface area contributed by atoms with Crippen molar-refractivity contribution in [1.29, 1.82) is 0 Å². The summed E-state index contributed by atoms with van der Waals surface area (Å²) >= 11 is 0. The number of hydrogen-bond acceptors (Lipinski definition) is 4. The Morgan fingerprint density at radius 2 is 1.77 bits per heavy atom. The molecule has 1 N–H and O–H groups in total. The zero-order chi connectivity index (χ0) is 21.1. The van der Waals surface area contributed by atoms with Crippen LogP contribution in [0.25, 0.3) is 0 Å². The molecule has 4 rings (SSSR count). The third-order valence-electron chi connectivity index (χ3n) is 5.29. The van der Waals surface area contributed by atoms with Crippen LogP contribution in [0.1, 0.15) is 31.2 Å². The first-order valence-corrected chi connectivity index (χ1v) is 9.98. The van der Waals surface area contributed by atoms with Crippen LogP contribution in [0.3, 0.4) is 0 Å². The molecule has 0 radical (unpaired) electrons. The van der Waals surface area contributed by atoms with Gasteiger partial charge in [-0.3, -0.25) is 9.59 Å². The molecule has 0 unspecified atom stereocenters. The number of nitrogens with one attached hydrogen (secondary N) is 1. The van der Waals surface area contributed by atoms with Crippen molar-refractivity contribution in [3.05, 3.63) is 59.7 Å². The van der Waals surface area contributed by atoms with Gasteiger partial charge in [-0.25, -0.2) is 13.8 Å². The van der Waals surface area contributed by atoms with Gasteiger partial charge in [0.1, 0.15) is 23.0 Å². The predicted molar refractivity (Wildman–Crippen MR) is 110 cm³/mol. The molecule has 2 heterocycles. The highest BCUT2D eigenvalue weighted by molar-refractivity contribution is 6.43. The minimum atomic E-state index is -0.530. The second-order valence-electron chi connectivity index (χ2n) is 7.41. The van der Waals surface area contributed by atoms with Gasteiger partial charge in [-0.1, -0.05) is 18.2 Å². The fourth-order valence-electron chi connectivity index (χ4n) is 3.69. The van der Waals surface area contributed by atoms with E-state index in [0.29, 0.717) is 11.3 Å². The number of para-hydroxylation sites is 1. The standard InChI is InChI=1S/C22H22F2N4O2/c23-16-8-6-15(7-9-16)14-28-20(29)11-10-18(26-28)22(30)25-21-17(24)4-3-5-19(21)27-12-1-2-13-27/h3-9H,1-2,10-14H2,(H,25,30). The molecule has 1 saturated heterocycles. The molecule has 2 aliphatic heterocycles. The van der Waals surface area contributed by atoms with Crippen LogP contribution in [0.2, 0.25) is 0 Å². The molecular formula is C22H22F2N4O2. The molecule has 0 aliphatic carbocycles. The van der Waals surface area contributed by atoms with E-state index in [1.54, 1.807) is 24.3 Å². The lowest BCUT2D eigenvalue weighted by Gasteiger charge is -2.25. The summed E-state index contributed by atoms with van der Waals surface area (Å²) < 4.78 is 27.6. The lowest BCUT2D eigenvalue weighted by Crippen LogP contribution is -2.36. The minimum Gasteiger partial charge on any atom is -0.370 e. The Hall–Kier alpha value is -3.29. The lowest BCUT2D eigenvalue weighted by molar-refractivity contribution is -0.132. The van der Waals surface area contributed by atoms with Gasteiger partial charge in [0.15, 0.2) is 0 Å². The van der Waals surface area contributed by atoms with Crippen LogP contribution in [0, 0.1) is 11.6 Å². The second-order valence-corrected chi connectivity index (χ2v) is 7.41. The third-order valence-corrected chi connectivity index (χ3v) is 5.29. The van der Waals surface area contributed by atoms with Crippen molar-refractivity contribution in [2.45, 2.75) is 32.2 Å². The Morgan fingerprint density at radius 3 is 2.50 bits per heavy atom. The highest BCUT2D eigenvalue weighted by Crippen LogP contribution is 2.31. The summed E-state index contributed by atoms with van der Waals surface area (Å²) in [5, 5.41) is 8.05. The van der Waals surface area contributed by atoms with Crippen molar-refractivity contribution < 1.29 is 18.4 Å². The molecule has 0 bridgehead atoms. The molecule has 2 aliphatic rings. The highest BCUT2D eigenvalue weighted by atomic mass is 19.1. The lowest BCUT2D eigenvalue weighted by atomic mass is 10.1. The summed E-state index contributed by atoms with van der Waals surface area (Å²) in [5.74, 6) is -1.63. The van der Waals surface area contributed by atoms with Crippen LogP contribution in [-0.2, 0) is 16.1 Å². The highest BCUT2D eigenvalue weighted by Gasteiger charge is 2.26. The maximum atomic E-state index is 14.5. The van der Waals surface area contributed by atoms with Crippen molar-refractivity contribution in [2.24, 2.45) is 5.10 Å². The smallest absolute Gasteiger partial charge is 0.272 e. The number of anilines is 2. The number of carbonyl (C=O) groups is 2. The van der Waals surface area contributed by atoms with Crippen molar-refractivity contribution in [2.75, 3.05) is 23.3 Å². The van der Waals surface area contributed by atoms with Crippen molar-refractivity contribution in [3.63, 3.8) is 0 Å². The number of amides is 2. The number of rotatable bonds is 5. The second kappa shape index (κ2) is 8.61. The van der Waals surface area contributed by atoms with E-state index >= 15 is 0 Å². The number of halogens is 2. The Balaban J connectivity index is 1.53. The van der Waals surface area contributed by atoms with E-state index in [1.165, 1.54) is 23.2 Å². The van der Waals surface area contributed by atoms with Gasteiger partial charge in [0, 0.05) is 25.9 Å². The zero-order valence-electron chi connectivity index (χ0n) is 16.4. The summed E-state index contributed by atoms with van der Waals surface area (Å²) in [5.41, 5.74) is 1.64. The molecule has 2 aromatic rings. The molecule has 6 nitrogen and oxygen atoms in total. The van der Waals surface area contributed by atoms with E-state index in [1.807, 2.05) is 4.90 Å². The quantitative estimate of drug-likeness (QED) is 0.815. The van der Waals surface area contributed by atoms with Crippen LogP contribution in [0.15, 0.2) is 47.6 Å². The van der Waals surface area contributed by atoms with E-state index in [0.717, 1.165) is 25.9 Å². The molecule has 1 fully saturated rings. The largest absolute Gasteiger partial charge is 0.370 e. The van der Waals surface area contributed by atoms with Gasteiger partial charge in [-0.05, 0) is 42.7 Å². The maximum Gasteiger partial charge on any atom is 0.272 e.